The molecular formula is C21H18N4. The average molecular weight is 326 g/mol. The molecule has 3 aromatic rings. The van der Waals surface area contributed by atoms with Crippen molar-refractivity contribution >= 4 is 11.3 Å². The van der Waals surface area contributed by atoms with Gasteiger partial charge >= 0.3 is 0 Å². The molecule has 1 aliphatic heterocycles. The molecule has 1 heterocycles. The normalized spacial score (nSPS) is 13.0. The minimum absolute atomic E-state index is 0.779. The van der Waals surface area contributed by atoms with E-state index in [2.05, 4.69) is 71.3 Å². The summed E-state index contributed by atoms with van der Waals surface area (Å²) in [6, 6.07) is 28.8. The third-order valence-corrected chi connectivity index (χ3v) is 4.14. The zero-order valence-corrected chi connectivity index (χ0v) is 13.9. The van der Waals surface area contributed by atoms with Crippen LogP contribution in [0.3, 0.4) is 0 Å². The Kier molecular flexibility index (Phi) is 4.01. The Morgan fingerprint density at radius 2 is 1.32 bits per heavy atom. The molecule has 1 N–H and O–H groups in total. The fraction of sp³-hybridized carbons (Fsp3) is 0.0476. The summed E-state index contributed by atoms with van der Waals surface area (Å²) in [7, 11) is 0. The van der Waals surface area contributed by atoms with E-state index in [1.165, 1.54) is 5.56 Å². The first-order valence-electron chi connectivity index (χ1n) is 8.21. The number of hydrazine groups is 1. The van der Waals surface area contributed by atoms with Gasteiger partial charge in [-0.15, -0.1) is 5.11 Å². The Labute approximate surface area is 147 Å². The molecule has 4 nitrogen and oxygen atoms in total. The van der Waals surface area contributed by atoms with E-state index >= 15 is 0 Å². The van der Waals surface area contributed by atoms with Gasteiger partial charge in [0.15, 0.2) is 5.82 Å². The molecule has 0 spiro atoms. The number of hydrogen-bond acceptors (Lipinski definition) is 4. The van der Waals surface area contributed by atoms with Crippen LogP contribution in [-0.4, -0.2) is 0 Å². The first-order chi connectivity index (χ1) is 12.3. The van der Waals surface area contributed by atoms with Crippen LogP contribution in [0.5, 0.6) is 0 Å². The van der Waals surface area contributed by atoms with Gasteiger partial charge in [0.1, 0.15) is 0 Å². The number of nitrogens with one attached hydrogen (secondary N) is 1. The topological polar surface area (TPSA) is 40.0 Å². The number of rotatable bonds is 3. The van der Waals surface area contributed by atoms with Crippen molar-refractivity contribution in [3.8, 4) is 0 Å². The maximum atomic E-state index is 4.39. The highest BCUT2D eigenvalue weighted by Gasteiger charge is 2.23. The lowest BCUT2D eigenvalue weighted by Gasteiger charge is -2.20. The number of hydrogen-bond donors (Lipinski definition) is 1. The second kappa shape index (κ2) is 6.61. The quantitative estimate of drug-likeness (QED) is 0.727. The van der Waals surface area contributed by atoms with Crippen LogP contribution in [0.4, 0.5) is 5.69 Å². The van der Waals surface area contributed by atoms with E-state index in [1.807, 2.05) is 41.4 Å². The molecular weight excluding hydrogens is 308 g/mol. The van der Waals surface area contributed by atoms with Crippen LogP contribution in [0.1, 0.15) is 16.7 Å². The molecule has 0 atom stereocenters. The van der Waals surface area contributed by atoms with E-state index in [0.29, 0.717) is 0 Å². The molecule has 0 saturated heterocycles. The summed E-state index contributed by atoms with van der Waals surface area (Å²) in [6.07, 6.45) is 0. The highest BCUT2D eigenvalue weighted by Crippen LogP contribution is 2.33. The van der Waals surface area contributed by atoms with Gasteiger partial charge in [0.2, 0.25) is 0 Å². The van der Waals surface area contributed by atoms with Crippen molar-refractivity contribution in [2.24, 2.45) is 10.3 Å². The molecule has 1 aliphatic rings. The fourth-order valence-electron chi connectivity index (χ4n) is 2.88. The van der Waals surface area contributed by atoms with Gasteiger partial charge in [-0.25, -0.2) is 5.01 Å². The molecule has 3 aromatic carbocycles. The molecule has 4 rings (SSSR count). The average Bonchev–Trinajstić information content (AvgIpc) is 3.14. The van der Waals surface area contributed by atoms with Crippen LogP contribution < -0.4 is 10.5 Å². The molecule has 0 saturated carbocycles. The molecule has 0 bridgehead atoms. The molecule has 0 amide bonds. The van der Waals surface area contributed by atoms with E-state index in [0.717, 1.165) is 28.2 Å². The lowest BCUT2D eigenvalue weighted by Crippen LogP contribution is -2.28. The Bertz CT molecular complexity index is 872. The van der Waals surface area contributed by atoms with Gasteiger partial charge < -0.3 is 0 Å². The predicted octanol–water partition coefficient (Wildman–Crippen LogP) is 5.10. The number of nitrogens with zero attached hydrogens (tertiary/aromatic N) is 3. The minimum Gasteiger partial charge on any atom is -0.218 e. The smallest absolute Gasteiger partial charge is 0.186 e. The summed E-state index contributed by atoms with van der Waals surface area (Å²) >= 11 is 0. The lowest BCUT2D eigenvalue weighted by molar-refractivity contribution is 0.773. The van der Waals surface area contributed by atoms with E-state index in [-0.39, 0.29) is 0 Å². The van der Waals surface area contributed by atoms with Crippen LogP contribution in [0, 0.1) is 6.92 Å². The zero-order chi connectivity index (χ0) is 17.1. The van der Waals surface area contributed by atoms with Crippen LogP contribution >= 0.6 is 0 Å². The van der Waals surface area contributed by atoms with E-state index < -0.39 is 0 Å². The van der Waals surface area contributed by atoms with Crippen molar-refractivity contribution in [3.05, 3.63) is 107 Å². The van der Waals surface area contributed by atoms with Crippen LogP contribution in [-0.2, 0) is 0 Å². The van der Waals surface area contributed by atoms with Crippen molar-refractivity contribution in [1.82, 2.24) is 5.53 Å². The SMILES string of the molecule is Cc1ccc(N2NN=NC2=C(c2ccccc2)c2ccccc2)cc1. The van der Waals surface area contributed by atoms with Gasteiger partial charge in [0.05, 0.1) is 5.69 Å². The van der Waals surface area contributed by atoms with Gasteiger partial charge in [0.25, 0.3) is 0 Å². The van der Waals surface area contributed by atoms with E-state index in [1.54, 1.807) is 0 Å². The molecule has 0 fully saturated rings. The predicted molar refractivity (Wildman–Crippen MR) is 101 cm³/mol. The largest absolute Gasteiger partial charge is 0.218 e. The third kappa shape index (κ3) is 3.02. The van der Waals surface area contributed by atoms with Crippen LogP contribution in [0.15, 0.2) is 101 Å². The van der Waals surface area contributed by atoms with Crippen molar-refractivity contribution in [2.75, 3.05) is 5.01 Å². The minimum atomic E-state index is 0.779. The number of aryl methyl sites for hydroxylation is 1. The summed E-state index contributed by atoms with van der Waals surface area (Å²) in [5.74, 6) is 0.779. The highest BCUT2D eigenvalue weighted by molar-refractivity contribution is 5.84. The van der Waals surface area contributed by atoms with Crippen molar-refractivity contribution in [2.45, 2.75) is 6.92 Å². The van der Waals surface area contributed by atoms with Gasteiger partial charge in [-0.2, -0.15) is 5.53 Å². The van der Waals surface area contributed by atoms with Gasteiger partial charge in [0, 0.05) is 5.57 Å². The Balaban J connectivity index is 1.89. The second-order valence-corrected chi connectivity index (χ2v) is 5.90. The summed E-state index contributed by atoms with van der Waals surface area (Å²) in [5, 5.41) is 10.4. The summed E-state index contributed by atoms with van der Waals surface area (Å²) in [4.78, 5) is 0. The molecule has 4 heteroatoms. The number of anilines is 1. The summed E-state index contributed by atoms with van der Waals surface area (Å²) < 4.78 is 0. The summed E-state index contributed by atoms with van der Waals surface area (Å²) in [6.45, 7) is 2.08. The first-order valence-corrected chi connectivity index (χ1v) is 8.21. The van der Waals surface area contributed by atoms with E-state index in [9.17, 15) is 0 Å². The highest BCUT2D eigenvalue weighted by atomic mass is 15.8. The molecule has 0 aromatic heterocycles. The zero-order valence-electron chi connectivity index (χ0n) is 13.9. The standard InChI is InChI=1S/C21H18N4/c1-16-12-14-19(15-13-16)25-21(22-23-24-25)20(17-8-4-2-5-9-17)18-10-6-3-7-11-18/h2-15H,1H3,(H,22,24). The fourth-order valence-corrected chi connectivity index (χ4v) is 2.88. The van der Waals surface area contributed by atoms with Crippen LogP contribution in [0.25, 0.3) is 5.57 Å². The Hall–Kier alpha value is -3.40. The Morgan fingerprint density at radius 1 is 0.760 bits per heavy atom. The van der Waals surface area contributed by atoms with Gasteiger partial charge in [-0.3, -0.25) is 0 Å². The first kappa shape index (κ1) is 15.1. The molecule has 0 aliphatic carbocycles. The van der Waals surface area contributed by atoms with Crippen LogP contribution in [0.2, 0.25) is 0 Å². The molecule has 25 heavy (non-hydrogen) atoms. The molecule has 0 radical (unpaired) electrons. The van der Waals surface area contributed by atoms with E-state index in [4.69, 9.17) is 0 Å². The third-order valence-electron chi connectivity index (χ3n) is 4.14. The summed E-state index contributed by atoms with van der Waals surface area (Å²) in [5.41, 5.74) is 8.45. The monoisotopic (exact) mass is 326 g/mol. The maximum Gasteiger partial charge on any atom is 0.186 e. The van der Waals surface area contributed by atoms with Crippen molar-refractivity contribution in [3.63, 3.8) is 0 Å². The van der Waals surface area contributed by atoms with Crippen molar-refractivity contribution in [1.29, 1.82) is 0 Å². The van der Waals surface area contributed by atoms with Crippen molar-refractivity contribution < 1.29 is 0 Å². The van der Waals surface area contributed by atoms with Gasteiger partial charge in [-0.1, -0.05) is 83.6 Å². The molecule has 122 valence electrons. The number of benzene rings is 3. The second-order valence-electron chi connectivity index (χ2n) is 5.90. The Morgan fingerprint density at radius 3 is 1.88 bits per heavy atom. The van der Waals surface area contributed by atoms with Gasteiger partial charge in [-0.05, 0) is 30.2 Å². The molecule has 0 unspecified atom stereocenters. The maximum absolute atomic E-state index is 4.39. The lowest BCUT2D eigenvalue weighted by atomic mass is 9.97.